The summed E-state index contributed by atoms with van der Waals surface area (Å²) >= 11 is 0. The van der Waals surface area contributed by atoms with Gasteiger partial charge in [0.1, 0.15) is 0 Å². The second kappa shape index (κ2) is 6.84. The molecule has 0 saturated carbocycles. The molecule has 1 amide bonds. The summed E-state index contributed by atoms with van der Waals surface area (Å²) in [5.74, 6) is -0.199. The molecule has 0 aromatic heterocycles. The molecule has 0 unspecified atom stereocenters. The van der Waals surface area contributed by atoms with Crippen LogP contribution in [0.5, 0.6) is 0 Å². The molecule has 0 aliphatic rings. The van der Waals surface area contributed by atoms with Crippen LogP contribution in [-0.4, -0.2) is 23.9 Å². The average Bonchev–Trinajstić information content (AvgIpc) is 2.32. The summed E-state index contributed by atoms with van der Waals surface area (Å²) in [5, 5.41) is 16.5. The third-order valence-corrected chi connectivity index (χ3v) is 2.73. The van der Waals surface area contributed by atoms with E-state index in [-0.39, 0.29) is 18.1 Å². The quantitative estimate of drug-likeness (QED) is 0.469. The number of hydrogen-bond donors (Lipinski definition) is 2. The van der Waals surface area contributed by atoms with Gasteiger partial charge in [0.05, 0.1) is 17.2 Å². The predicted octanol–water partition coefficient (Wildman–Crippen LogP) is 2.15. The van der Waals surface area contributed by atoms with Gasteiger partial charge in [0.15, 0.2) is 0 Å². The van der Waals surface area contributed by atoms with Crippen LogP contribution in [0.15, 0.2) is 12.1 Å². The molecule has 1 rings (SSSR count). The van der Waals surface area contributed by atoms with E-state index in [1.807, 2.05) is 13.8 Å². The summed E-state index contributed by atoms with van der Waals surface area (Å²) in [6, 6.07) is 3.11. The first-order valence-electron chi connectivity index (χ1n) is 6.22. The highest BCUT2D eigenvalue weighted by molar-refractivity contribution is 5.93. The maximum absolute atomic E-state index is 11.7. The molecule has 0 fully saturated rings. The molecule has 0 saturated heterocycles. The van der Waals surface area contributed by atoms with Crippen molar-refractivity contribution in [2.75, 3.05) is 18.4 Å². The number of nitro groups is 1. The number of hydrogen-bond acceptors (Lipinski definition) is 4. The predicted molar refractivity (Wildman–Crippen MR) is 74.4 cm³/mol. The Balaban J connectivity index is 2.80. The number of benzene rings is 1. The van der Waals surface area contributed by atoms with Crippen LogP contribution in [-0.2, 0) is 4.79 Å². The molecule has 6 nitrogen and oxygen atoms in total. The molecule has 0 spiro atoms. The topological polar surface area (TPSA) is 84.3 Å². The van der Waals surface area contributed by atoms with Crippen LogP contribution in [0.4, 0.5) is 11.4 Å². The van der Waals surface area contributed by atoms with Crippen molar-refractivity contribution in [3.8, 4) is 0 Å². The lowest BCUT2D eigenvalue weighted by molar-refractivity contribution is -0.385. The largest absolute Gasteiger partial charge is 0.324 e. The van der Waals surface area contributed by atoms with Gasteiger partial charge in [0.2, 0.25) is 5.91 Å². The zero-order valence-electron chi connectivity index (χ0n) is 11.4. The van der Waals surface area contributed by atoms with Crippen LogP contribution in [0.2, 0.25) is 0 Å². The third-order valence-electron chi connectivity index (χ3n) is 2.73. The van der Waals surface area contributed by atoms with Crippen molar-refractivity contribution < 1.29 is 9.72 Å². The van der Waals surface area contributed by atoms with Gasteiger partial charge < -0.3 is 10.6 Å². The third kappa shape index (κ3) is 4.33. The molecule has 0 bridgehead atoms. The van der Waals surface area contributed by atoms with E-state index in [4.69, 9.17) is 0 Å². The number of nitrogens with one attached hydrogen (secondary N) is 2. The Morgan fingerprint density at radius 1 is 1.32 bits per heavy atom. The monoisotopic (exact) mass is 265 g/mol. The van der Waals surface area contributed by atoms with Crippen LogP contribution < -0.4 is 10.6 Å². The fraction of sp³-hybridized carbons (Fsp3) is 0.462. The van der Waals surface area contributed by atoms with E-state index < -0.39 is 4.92 Å². The lowest BCUT2D eigenvalue weighted by Gasteiger charge is -2.10. The van der Waals surface area contributed by atoms with Gasteiger partial charge in [-0.15, -0.1) is 0 Å². The number of nitro benzene ring substituents is 1. The normalized spacial score (nSPS) is 10.3. The van der Waals surface area contributed by atoms with E-state index in [1.54, 1.807) is 13.0 Å². The summed E-state index contributed by atoms with van der Waals surface area (Å²) < 4.78 is 0. The van der Waals surface area contributed by atoms with E-state index >= 15 is 0 Å². The van der Waals surface area contributed by atoms with Crippen LogP contribution in [0.25, 0.3) is 0 Å². The van der Waals surface area contributed by atoms with Gasteiger partial charge in [-0.2, -0.15) is 0 Å². The first kappa shape index (κ1) is 15.1. The van der Waals surface area contributed by atoms with Crippen molar-refractivity contribution in [3.63, 3.8) is 0 Å². The number of aryl methyl sites for hydroxylation is 2. The molecule has 19 heavy (non-hydrogen) atoms. The van der Waals surface area contributed by atoms with Crippen molar-refractivity contribution >= 4 is 17.3 Å². The van der Waals surface area contributed by atoms with E-state index in [0.29, 0.717) is 11.3 Å². The van der Waals surface area contributed by atoms with Crippen molar-refractivity contribution in [3.05, 3.63) is 33.4 Å². The number of nitrogens with zero attached hydrogens (tertiary/aromatic N) is 1. The Morgan fingerprint density at radius 3 is 2.58 bits per heavy atom. The molecule has 0 aliphatic heterocycles. The Kier molecular flexibility index (Phi) is 5.44. The molecule has 104 valence electrons. The van der Waals surface area contributed by atoms with Crippen LogP contribution in [0.3, 0.4) is 0 Å². The molecule has 0 heterocycles. The van der Waals surface area contributed by atoms with Crippen LogP contribution >= 0.6 is 0 Å². The number of carbonyl (C=O) groups is 1. The van der Waals surface area contributed by atoms with Gasteiger partial charge in [-0.05, 0) is 38.4 Å². The molecular formula is C13H19N3O3. The number of anilines is 1. The van der Waals surface area contributed by atoms with E-state index in [9.17, 15) is 14.9 Å². The summed E-state index contributed by atoms with van der Waals surface area (Å²) in [6.07, 6.45) is 0.947. The van der Waals surface area contributed by atoms with Gasteiger partial charge in [0, 0.05) is 11.6 Å². The van der Waals surface area contributed by atoms with E-state index in [2.05, 4.69) is 10.6 Å². The second-order valence-corrected chi connectivity index (χ2v) is 4.44. The standard InChI is InChI=1S/C13H19N3O3/c1-4-5-14-8-13(17)15-11-7-12(16(18)19)10(3)6-9(11)2/h6-7,14H,4-5,8H2,1-3H3,(H,15,17). The van der Waals surface area contributed by atoms with Gasteiger partial charge in [-0.1, -0.05) is 6.92 Å². The fourth-order valence-electron chi connectivity index (χ4n) is 1.75. The summed E-state index contributed by atoms with van der Waals surface area (Å²) in [7, 11) is 0. The summed E-state index contributed by atoms with van der Waals surface area (Å²) in [5.41, 5.74) is 1.90. The van der Waals surface area contributed by atoms with E-state index in [0.717, 1.165) is 18.5 Å². The Labute approximate surface area is 112 Å². The molecule has 6 heteroatoms. The first-order chi connectivity index (χ1) is 8.95. The Bertz CT molecular complexity index is 486. The SMILES string of the molecule is CCCNCC(=O)Nc1cc([N+](=O)[O-])c(C)cc1C. The highest BCUT2D eigenvalue weighted by atomic mass is 16.6. The van der Waals surface area contributed by atoms with Crippen molar-refractivity contribution in [2.45, 2.75) is 27.2 Å². The minimum atomic E-state index is -0.445. The highest BCUT2D eigenvalue weighted by Gasteiger charge is 2.14. The molecule has 0 radical (unpaired) electrons. The molecule has 2 N–H and O–H groups in total. The molecule has 0 aliphatic carbocycles. The van der Waals surface area contributed by atoms with Gasteiger partial charge in [-0.25, -0.2) is 0 Å². The second-order valence-electron chi connectivity index (χ2n) is 4.44. The average molecular weight is 265 g/mol. The van der Waals surface area contributed by atoms with Crippen molar-refractivity contribution in [2.24, 2.45) is 0 Å². The smallest absolute Gasteiger partial charge is 0.274 e. The highest BCUT2D eigenvalue weighted by Crippen LogP contribution is 2.26. The summed E-state index contributed by atoms with van der Waals surface area (Å²) in [6.45, 7) is 6.47. The fourth-order valence-corrected chi connectivity index (χ4v) is 1.75. The minimum Gasteiger partial charge on any atom is -0.324 e. The molecule has 1 aromatic carbocycles. The molecular weight excluding hydrogens is 246 g/mol. The van der Waals surface area contributed by atoms with Gasteiger partial charge >= 0.3 is 0 Å². The Morgan fingerprint density at radius 2 is 2.00 bits per heavy atom. The van der Waals surface area contributed by atoms with Gasteiger partial charge in [-0.3, -0.25) is 14.9 Å². The van der Waals surface area contributed by atoms with Gasteiger partial charge in [0.25, 0.3) is 5.69 Å². The Hall–Kier alpha value is -1.95. The zero-order chi connectivity index (χ0) is 14.4. The van der Waals surface area contributed by atoms with E-state index in [1.165, 1.54) is 6.07 Å². The minimum absolute atomic E-state index is 0.0161. The summed E-state index contributed by atoms with van der Waals surface area (Å²) in [4.78, 5) is 22.1. The maximum Gasteiger partial charge on any atom is 0.274 e. The number of amides is 1. The van der Waals surface area contributed by atoms with Crippen LogP contribution in [0.1, 0.15) is 24.5 Å². The molecule has 1 aromatic rings. The lowest BCUT2D eigenvalue weighted by Crippen LogP contribution is -2.28. The number of carbonyl (C=O) groups excluding carboxylic acids is 1. The van der Waals surface area contributed by atoms with Crippen molar-refractivity contribution in [1.82, 2.24) is 5.32 Å². The zero-order valence-corrected chi connectivity index (χ0v) is 11.4. The molecule has 0 atom stereocenters. The van der Waals surface area contributed by atoms with Crippen molar-refractivity contribution in [1.29, 1.82) is 0 Å². The van der Waals surface area contributed by atoms with Crippen LogP contribution in [0, 0.1) is 24.0 Å². The maximum atomic E-state index is 11.7. The number of rotatable bonds is 6. The lowest BCUT2D eigenvalue weighted by atomic mass is 10.1. The first-order valence-corrected chi connectivity index (χ1v) is 6.22.